The minimum absolute atomic E-state index is 0.649. The monoisotopic (exact) mass is 374 g/mol. The maximum atomic E-state index is 5.52. The highest BCUT2D eigenvalue weighted by molar-refractivity contribution is 6.09. The molecule has 0 aliphatic rings. The molecular weight excluding hydrogens is 348 g/mol. The van der Waals surface area contributed by atoms with Crippen molar-refractivity contribution in [2.75, 3.05) is 18.5 Å². The van der Waals surface area contributed by atoms with Crippen molar-refractivity contribution in [2.24, 2.45) is 4.99 Å². The molecule has 0 atom stereocenters. The molecular formula is C24H26N2O2. The highest BCUT2D eigenvalue weighted by Gasteiger charge is 2.06. The largest absolute Gasteiger partial charge is 0.494 e. The van der Waals surface area contributed by atoms with E-state index in [1.807, 2.05) is 62.4 Å². The lowest BCUT2D eigenvalue weighted by atomic mass is 10.1. The first kappa shape index (κ1) is 19.5. The number of anilines is 1. The zero-order valence-electron chi connectivity index (χ0n) is 16.6. The molecule has 0 spiro atoms. The van der Waals surface area contributed by atoms with Gasteiger partial charge in [0.25, 0.3) is 0 Å². The molecule has 0 amide bonds. The summed E-state index contributed by atoms with van der Waals surface area (Å²) in [5.41, 5.74) is 4.05. The van der Waals surface area contributed by atoms with E-state index in [9.17, 15) is 0 Å². The zero-order chi connectivity index (χ0) is 19.8. The number of nitrogens with one attached hydrogen (secondary N) is 1. The Morgan fingerprint density at radius 3 is 1.82 bits per heavy atom. The van der Waals surface area contributed by atoms with E-state index in [-0.39, 0.29) is 0 Å². The molecule has 0 unspecified atom stereocenters. The third-order valence-corrected chi connectivity index (χ3v) is 4.14. The van der Waals surface area contributed by atoms with Crippen LogP contribution in [0.4, 0.5) is 11.4 Å². The van der Waals surface area contributed by atoms with Gasteiger partial charge in [-0.1, -0.05) is 29.8 Å². The number of ether oxygens (including phenoxy) is 2. The number of rotatable bonds is 7. The van der Waals surface area contributed by atoms with Crippen molar-refractivity contribution in [3.05, 3.63) is 83.9 Å². The van der Waals surface area contributed by atoms with Crippen LogP contribution in [0.5, 0.6) is 11.5 Å². The number of amidine groups is 1. The van der Waals surface area contributed by atoms with E-state index in [2.05, 4.69) is 36.5 Å². The summed E-state index contributed by atoms with van der Waals surface area (Å²) < 4.78 is 11.0. The Labute approximate surface area is 166 Å². The number of hydrogen-bond acceptors (Lipinski definition) is 3. The topological polar surface area (TPSA) is 42.8 Å². The molecule has 3 aromatic rings. The first-order valence-corrected chi connectivity index (χ1v) is 9.56. The Hall–Kier alpha value is -3.27. The lowest BCUT2D eigenvalue weighted by molar-refractivity contribution is 0.340. The van der Waals surface area contributed by atoms with Crippen LogP contribution in [-0.2, 0) is 0 Å². The predicted molar refractivity (Wildman–Crippen MR) is 116 cm³/mol. The van der Waals surface area contributed by atoms with Crippen molar-refractivity contribution < 1.29 is 9.47 Å². The molecule has 3 aromatic carbocycles. The second kappa shape index (κ2) is 9.60. The average molecular weight is 374 g/mol. The fourth-order valence-electron chi connectivity index (χ4n) is 2.73. The van der Waals surface area contributed by atoms with Crippen LogP contribution in [0.25, 0.3) is 0 Å². The van der Waals surface area contributed by atoms with Crippen LogP contribution in [0.15, 0.2) is 77.8 Å². The maximum Gasteiger partial charge on any atom is 0.138 e. The first-order chi connectivity index (χ1) is 13.7. The fourth-order valence-corrected chi connectivity index (χ4v) is 2.73. The van der Waals surface area contributed by atoms with Gasteiger partial charge in [-0.15, -0.1) is 0 Å². The van der Waals surface area contributed by atoms with Gasteiger partial charge in [-0.05, 0) is 69.3 Å². The van der Waals surface area contributed by atoms with Crippen LogP contribution in [0, 0.1) is 6.92 Å². The Kier molecular flexibility index (Phi) is 6.68. The lowest BCUT2D eigenvalue weighted by Crippen LogP contribution is -2.13. The summed E-state index contributed by atoms with van der Waals surface area (Å²) >= 11 is 0. The van der Waals surface area contributed by atoms with Crippen molar-refractivity contribution in [1.29, 1.82) is 0 Å². The molecule has 0 aliphatic heterocycles. The summed E-state index contributed by atoms with van der Waals surface area (Å²) in [5, 5.41) is 3.44. The zero-order valence-corrected chi connectivity index (χ0v) is 16.6. The number of aliphatic imine (C=N–C) groups is 1. The summed E-state index contributed by atoms with van der Waals surface area (Å²) in [4.78, 5) is 4.83. The van der Waals surface area contributed by atoms with Crippen LogP contribution in [0.1, 0.15) is 25.0 Å². The number of hydrogen-bond donors (Lipinski definition) is 1. The summed E-state index contributed by atoms with van der Waals surface area (Å²) in [6.07, 6.45) is 0. The molecule has 0 aromatic heterocycles. The van der Waals surface area contributed by atoms with Gasteiger partial charge in [0.15, 0.2) is 0 Å². The van der Waals surface area contributed by atoms with Gasteiger partial charge in [0.1, 0.15) is 17.3 Å². The van der Waals surface area contributed by atoms with Crippen LogP contribution in [-0.4, -0.2) is 19.0 Å². The lowest BCUT2D eigenvalue weighted by Gasteiger charge is -2.12. The molecule has 0 fully saturated rings. The van der Waals surface area contributed by atoms with E-state index in [0.717, 1.165) is 34.3 Å². The van der Waals surface area contributed by atoms with E-state index >= 15 is 0 Å². The smallest absolute Gasteiger partial charge is 0.138 e. The molecule has 144 valence electrons. The van der Waals surface area contributed by atoms with Crippen LogP contribution in [0.3, 0.4) is 0 Å². The van der Waals surface area contributed by atoms with Gasteiger partial charge < -0.3 is 14.8 Å². The SMILES string of the molecule is CCOc1ccc(N=C(Nc2ccc(OCC)cc2)c2ccc(C)cc2)cc1. The molecule has 0 saturated heterocycles. The van der Waals surface area contributed by atoms with Crippen molar-refractivity contribution >= 4 is 17.2 Å². The van der Waals surface area contributed by atoms with Gasteiger partial charge in [0.05, 0.1) is 18.9 Å². The molecule has 28 heavy (non-hydrogen) atoms. The number of benzene rings is 3. The van der Waals surface area contributed by atoms with Crippen LogP contribution < -0.4 is 14.8 Å². The Balaban J connectivity index is 1.89. The van der Waals surface area contributed by atoms with Gasteiger partial charge in [-0.3, -0.25) is 0 Å². The molecule has 0 bridgehead atoms. The highest BCUT2D eigenvalue weighted by Crippen LogP contribution is 2.21. The van der Waals surface area contributed by atoms with E-state index in [1.54, 1.807) is 0 Å². The van der Waals surface area contributed by atoms with Gasteiger partial charge >= 0.3 is 0 Å². The summed E-state index contributed by atoms with van der Waals surface area (Å²) in [7, 11) is 0. The van der Waals surface area contributed by atoms with Gasteiger partial charge in [0.2, 0.25) is 0 Å². The van der Waals surface area contributed by atoms with E-state index in [0.29, 0.717) is 13.2 Å². The average Bonchev–Trinajstić information content (AvgIpc) is 2.71. The number of nitrogens with zero attached hydrogens (tertiary/aromatic N) is 1. The minimum atomic E-state index is 0.649. The van der Waals surface area contributed by atoms with E-state index < -0.39 is 0 Å². The Morgan fingerprint density at radius 1 is 0.750 bits per heavy atom. The molecule has 0 aliphatic carbocycles. The van der Waals surface area contributed by atoms with Crippen molar-refractivity contribution in [3.63, 3.8) is 0 Å². The molecule has 0 saturated carbocycles. The van der Waals surface area contributed by atoms with Gasteiger partial charge in [-0.25, -0.2) is 4.99 Å². The first-order valence-electron chi connectivity index (χ1n) is 9.56. The third kappa shape index (κ3) is 5.36. The van der Waals surface area contributed by atoms with Crippen LogP contribution >= 0.6 is 0 Å². The molecule has 3 rings (SSSR count). The molecule has 0 radical (unpaired) electrons. The van der Waals surface area contributed by atoms with Gasteiger partial charge in [0, 0.05) is 11.3 Å². The quantitative estimate of drug-likeness (QED) is 0.408. The summed E-state index contributed by atoms with van der Waals surface area (Å²) in [5.74, 6) is 2.49. The number of aryl methyl sites for hydroxylation is 1. The standard InChI is InChI=1S/C24H26N2O2/c1-4-27-22-14-10-20(11-15-22)25-24(19-8-6-18(3)7-9-19)26-21-12-16-23(17-13-21)28-5-2/h6-17H,4-5H2,1-3H3,(H,25,26). The Morgan fingerprint density at radius 2 is 1.29 bits per heavy atom. The van der Waals surface area contributed by atoms with Gasteiger partial charge in [-0.2, -0.15) is 0 Å². The fraction of sp³-hybridized carbons (Fsp3) is 0.208. The van der Waals surface area contributed by atoms with E-state index in [1.165, 1.54) is 5.56 Å². The molecule has 1 N–H and O–H groups in total. The predicted octanol–water partition coefficient (Wildman–Crippen LogP) is 5.98. The second-order valence-corrected chi connectivity index (χ2v) is 6.34. The molecule has 4 nitrogen and oxygen atoms in total. The summed E-state index contributed by atoms with van der Waals surface area (Å²) in [6, 6.07) is 24.0. The molecule has 4 heteroatoms. The third-order valence-electron chi connectivity index (χ3n) is 4.14. The summed E-state index contributed by atoms with van der Waals surface area (Å²) in [6.45, 7) is 7.33. The van der Waals surface area contributed by atoms with Crippen molar-refractivity contribution in [2.45, 2.75) is 20.8 Å². The molecule has 0 heterocycles. The maximum absolute atomic E-state index is 5.52. The van der Waals surface area contributed by atoms with E-state index in [4.69, 9.17) is 14.5 Å². The van der Waals surface area contributed by atoms with Crippen molar-refractivity contribution in [1.82, 2.24) is 0 Å². The highest BCUT2D eigenvalue weighted by atomic mass is 16.5. The van der Waals surface area contributed by atoms with Crippen molar-refractivity contribution in [3.8, 4) is 11.5 Å². The van der Waals surface area contributed by atoms with Crippen LogP contribution in [0.2, 0.25) is 0 Å². The Bertz CT molecular complexity index is 899. The second-order valence-electron chi connectivity index (χ2n) is 6.34. The minimum Gasteiger partial charge on any atom is -0.494 e. The normalized spacial score (nSPS) is 11.2.